The van der Waals surface area contributed by atoms with Gasteiger partial charge in [0.05, 0.1) is 6.54 Å². The first-order valence-corrected chi connectivity index (χ1v) is 4.43. The van der Waals surface area contributed by atoms with Gasteiger partial charge in [-0.25, -0.2) is 4.39 Å². The third kappa shape index (κ3) is 1.32. The van der Waals surface area contributed by atoms with Gasteiger partial charge in [-0.3, -0.25) is 0 Å². The van der Waals surface area contributed by atoms with E-state index in [1.165, 1.54) is 10.9 Å². The molecule has 0 saturated heterocycles. The van der Waals surface area contributed by atoms with E-state index in [9.17, 15) is 4.39 Å². The minimum absolute atomic E-state index is 0.307. The molecule has 1 nitrogen and oxygen atoms in total. The summed E-state index contributed by atoms with van der Waals surface area (Å²) in [6.45, 7) is 2.20. The molecule has 0 atom stereocenters. The van der Waals surface area contributed by atoms with Gasteiger partial charge < -0.3 is 4.57 Å². The zero-order chi connectivity index (χ0) is 9.26. The van der Waals surface area contributed by atoms with E-state index in [-0.39, 0.29) is 6.67 Å². The van der Waals surface area contributed by atoms with Crippen LogP contribution in [0.1, 0.15) is 5.56 Å². The largest absolute Gasteiger partial charge is 0.345 e. The van der Waals surface area contributed by atoms with E-state index in [1.807, 2.05) is 29.0 Å². The summed E-state index contributed by atoms with van der Waals surface area (Å²) in [5.41, 5.74) is 2.33. The van der Waals surface area contributed by atoms with Crippen LogP contribution in [0.2, 0.25) is 0 Å². The van der Waals surface area contributed by atoms with Gasteiger partial charge in [0.1, 0.15) is 6.67 Å². The second kappa shape index (κ2) is 3.21. The van der Waals surface area contributed by atoms with Gasteiger partial charge in [0.2, 0.25) is 0 Å². The Morgan fingerprint density at radius 1 is 1.31 bits per heavy atom. The number of hydrogen-bond donors (Lipinski definition) is 0. The van der Waals surface area contributed by atoms with E-state index in [0.29, 0.717) is 6.54 Å². The van der Waals surface area contributed by atoms with E-state index >= 15 is 0 Å². The summed E-state index contributed by atoms with van der Waals surface area (Å²) in [7, 11) is 0. The first-order valence-electron chi connectivity index (χ1n) is 4.43. The smallest absolute Gasteiger partial charge is 0.107 e. The van der Waals surface area contributed by atoms with Crippen LogP contribution < -0.4 is 0 Å². The van der Waals surface area contributed by atoms with E-state index < -0.39 is 0 Å². The molecule has 1 heterocycles. The number of benzene rings is 1. The molecule has 0 aliphatic carbocycles. The average Bonchev–Trinajstić information content (AvgIpc) is 2.46. The summed E-state index contributed by atoms with van der Waals surface area (Å²) < 4.78 is 14.2. The SMILES string of the molecule is Cc1cn(CCF)c2ccccc12. The number of fused-ring (bicyclic) bond motifs is 1. The van der Waals surface area contributed by atoms with Gasteiger partial charge in [0, 0.05) is 17.1 Å². The van der Waals surface area contributed by atoms with Crippen molar-refractivity contribution in [1.82, 2.24) is 4.57 Å². The quantitative estimate of drug-likeness (QED) is 0.664. The Labute approximate surface area is 76.8 Å². The van der Waals surface area contributed by atoms with Crippen molar-refractivity contribution in [3.05, 3.63) is 36.0 Å². The highest BCUT2D eigenvalue weighted by molar-refractivity contribution is 5.83. The molecule has 1 aromatic carbocycles. The molecule has 1 aromatic heterocycles. The van der Waals surface area contributed by atoms with Crippen LogP contribution in [0.5, 0.6) is 0 Å². The number of rotatable bonds is 2. The Kier molecular flexibility index (Phi) is 2.05. The Balaban J connectivity index is 2.63. The molecule has 2 heteroatoms. The fourth-order valence-electron chi connectivity index (χ4n) is 1.71. The molecular weight excluding hydrogens is 165 g/mol. The molecule has 2 aromatic rings. The fraction of sp³-hybridized carbons (Fsp3) is 0.273. The number of para-hydroxylation sites is 1. The third-order valence-electron chi connectivity index (χ3n) is 2.31. The molecule has 0 amide bonds. The van der Waals surface area contributed by atoms with Gasteiger partial charge in [-0.2, -0.15) is 0 Å². The predicted molar refractivity (Wildman–Crippen MR) is 52.7 cm³/mol. The van der Waals surface area contributed by atoms with Crippen LogP contribution in [-0.4, -0.2) is 11.2 Å². The first-order chi connectivity index (χ1) is 6.33. The molecule has 68 valence electrons. The van der Waals surface area contributed by atoms with Gasteiger partial charge in [-0.15, -0.1) is 0 Å². The Bertz CT molecular complexity index is 417. The highest BCUT2D eigenvalue weighted by Gasteiger charge is 2.02. The molecule has 0 aliphatic heterocycles. The Morgan fingerprint density at radius 2 is 2.08 bits per heavy atom. The molecular formula is C11H12FN. The molecule has 0 saturated carbocycles. The van der Waals surface area contributed by atoms with Crippen molar-refractivity contribution in [2.45, 2.75) is 13.5 Å². The maximum absolute atomic E-state index is 12.2. The van der Waals surface area contributed by atoms with Crippen LogP contribution in [0.3, 0.4) is 0 Å². The zero-order valence-electron chi connectivity index (χ0n) is 7.63. The van der Waals surface area contributed by atoms with Gasteiger partial charge in [0.25, 0.3) is 0 Å². The lowest BCUT2D eigenvalue weighted by atomic mass is 10.2. The lowest BCUT2D eigenvalue weighted by molar-refractivity contribution is 0.451. The predicted octanol–water partition coefficient (Wildman–Crippen LogP) is 2.92. The first kappa shape index (κ1) is 8.30. The normalized spacial score (nSPS) is 10.9. The number of aryl methyl sites for hydroxylation is 2. The van der Waals surface area contributed by atoms with Crippen molar-refractivity contribution in [1.29, 1.82) is 0 Å². The zero-order valence-corrected chi connectivity index (χ0v) is 7.63. The second-order valence-corrected chi connectivity index (χ2v) is 3.21. The van der Waals surface area contributed by atoms with Crippen LogP contribution in [0.4, 0.5) is 4.39 Å². The molecule has 0 fully saturated rings. The van der Waals surface area contributed by atoms with Gasteiger partial charge in [-0.05, 0) is 18.6 Å². The maximum Gasteiger partial charge on any atom is 0.107 e. The molecule has 0 unspecified atom stereocenters. The lowest BCUT2D eigenvalue weighted by Gasteiger charge is -1.99. The lowest BCUT2D eigenvalue weighted by Crippen LogP contribution is -1.96. The minimum atomic E-state index is -0.307. The van der Waals surface area contributed by atoms with Crippen molar-refractivity contribution < 1.29 is 4.39 Å². The topological polar surface area (TPSA) is 4.93 Å². The molecule has 0 bridgehead atoms. The van der Waals surface area contributed by atoms with E-state index in [4.69, 9.17) is 0 Å². The molecule has 0 aliphatic rings. The monoisotopic (exact) mass is 177 g/mol. The summed E-state index contributed by atoms with van der Waals surface area (Å²) in [6, 6.07) is 8.09. The molecule has 0 radical (unpaired) electrons. The summed E-state index contributed by atoms with van der Waals surface area (Å²) in [6.07, 6.45) is 2.00. The Hall–Kier alpha value is -1.31. The highest BCUT2D eigenvalue weighted by Crippen LogP contribution is 2.19. The summed E-state index contributed by atoms with van der Waals surface area (Å²) >= 11 is 0. The van der Waals surface area contributed by atoms with Crippen molar-refractivity contribution in [3.63, 3.8) is 0 Å². The van der Waals surface area contributed by atoms with Gasteiger partial charge >= 0.3 is 0 Å². The van der Waals surface area contributed by atoms with Gasteiger partial charge in [0.15, 0.2) is 0 Å². The van der Waals surface area contributed by atoms with Crippen molar-refractivity contribution in [2.24, 2.45) is 0 Å². The number of hydrogen-bond acceptors (Lipinski definition) is 0. The van der Waals surface area contributed by atoms with Crippen LogP contribution in [0.25, 0.3) is 10.9 Å². The molecule has 2 rings (SSSR count). The van der Waals surface area contributed by atoms with Gasteiger partial charge in [-0.1, -0.05) is 18.2 Å². The Morgan fingerprint density at radius 3 is 2.85 bits per heavy atom. The average molecular weight is 177 g/mol. The van der Waals surface area contributed by atoms with Crippen LogP contribution >= 0.6 is 0 Å². The number of nitrogens with zero attached hydrogens (tertiary/aromatic N) is 1. The van der Waals surface area contributed by atoms with Crippen molar-refractivity contribution in [2.75, 3.05) is 6.67 Å². The second-order valence-electron chi connectivity index (χ2n) is 3.21. The van der Waals surface area contributed by atoms with E-state index in [2.05, 4.69) is 13.0 Å². The van der Waals surface area contributed by atoms with Crippen LogP contribution in [-0.2, 0) is 6.54 Å². The number of halogens is 1. The van der Waals surface area contributed by atoms with Crippen molar-refractivity contribution >= 4 is 10.9 Å². The molecule has 13 heavy (non-hydrogen) atoms. The standard InChI is InChI=1S/C11H12FN/c1-9-8-13(7-6-12)11-5-3-2-4-10(9)11/h2-5,8H,6-7H2,1H3. The summed E-state index contributed by atoms with van der Waals surface area (Å²) in [4.78, 5) is 0. The van der Waals surface area contributed by atoms with E-state index in [1.54, 1.807) is 0 Å². The fourth-order valence-corrected chi connectivity index (χ4v) is 1.71. The molecule has 0 spiro atoms. The summed E-state index contributed by atoms with van der Waals surface area (Å²) in [5, 5.41) is 1.22. The number of alkyl halides is 1. The van der Waals surface area contributed by atoms with Crippen LogP contribution in [0.15, 0.2) is 30.5 Å². The van der Waals surface area contributed by atoms with Crippen LogP contribution in [0, 0.1) is 6.92 Å². The molecule has 0 N–H and O–H groups in total. The minimum Gasteiger partial charge on any atom is -0.345 e. The number of aromatic nitrogens is 1. The van der Waals surface area contributed by atoms with E-state index in [0.717, 1.165) is 5.52 Å². The maximum atomic E-state index is 12.2. The summed E-state index contributed by atoms with van der Waals surface area (Å²) in [5.74, 6) is 0. The highest BCUT2D eigenvalue weighted by atomic mass is 19.1. The third-order valence-corrected chi connectivity index (χ3v) is 2.31. The van der Waals surface area contributed by atoms with Crippen molar-refractivity contribution in [3.8, 4) is 0 Å².